The standard InChI is InChI=1S/C16H21FN4OS/c1-16(2,23-10-11-4-3-5-20-8-11)14(19)15(22)21-9-12(17)6-13(21)7-18/h3-5,8,12-14H,6,9-10,19H2,1-2H3/t12-,13-,14?/m0/s1. The molecule has 0 radical (unpaired) electrons. The Kier molecular flexibility index (Phi) is 5.60. The minimum absolute atomic E-state index is 0.0475. The second-order valence-corrected chi connectivity index (χ2v) is 7.83. The van der Waals surface area contributed by atoms with Gasteiger partial charge in [0.2, 0.25) is 5.91 Å². The van der Waals surface area contributed by atoms with E-state index in [1.807, 2.05) is 32.0 Å². The van der Waals surface area contributed by atoms with E-state index in [4.69, 9.17) is 11.0 Å². The van der Waals surface area contributed by atoms with Crippen molar-refractivity contribution in [3.05, 3.63) is 30.1 Å². The Labute approximate surface area is 140 Å². The predicted octanol–water partition coefficient (Wildman–Crippen LogP) is 1.88. The van der Waals surface area contributed by atoms with Gasteiger partial charge in [0.1, 0.15) is 12.2 Å². The normalized spacial score (nSPS) is 22.7. The molecule has 1 saturated heterocycles. The molecule has 2 heterocycles. The number of likely N-dealkylation sites (tertiary alicyclic amines) is 1. The molecule has 23 heavy (non-hydrogen) atoms. The van der Waals surface area contributed by atoms with Gasteiger partial charge in [-0.3, -0.25) is 9.78 Å². The monoisotopic (exact) mass is 336 g/mol. The molecular weight excluding hydrogens is 315 g/mol. The number of alkyl halides is 1. The van der Waals surface area contributed by atoms with Crippen molar-refractivity contribution >= 4 is 17.7 Å². The van der Waals surface area contributed by atoms with E-state index in [-0.39, 0.29) is 18.9 Å². The van der Waals surface area contributed by atoms with E-state index in [0.29, 0.717) is 5.75 Å². The lowest BCUT2D eigenvalue weighted by molar-refractivity contribution is -0.133. The van der Waals surface area contributed by atoms with Crippen molar-refractivity contribution < 1.29 is 9.18 Å². The number of nitriles is 1. The third kappa shape index (κ3) is 4.21. The maximum Gasteiger partial charge on any atom is 0.242 e. The first-order valence-electron chi connectivity index (χ1n) is 7.47. The van der Waals surface area contributed by atoms with Crippen molar-refractivity contribution in [2.45, 2.75) is 49.0 Å². The van der Waals surface area contributed by atoms with Gasteiger partial charge in [-0.05, 0) is 25.5 Å². The summed E-state index contributed by atoms with van der Waals surface area (Å²) in [6, 6.07) is 4.28. The van der Waals surface area contributed by atoms with Gasteiger partial charge in [-0.15, -0.1) is 11.8 Å². The number of rotatable bonds is 5. The Bertz CT molecular complexity index is 589. The number of carbonyl (C=O) groups excluding carboxylic acids is 1. The van der Waals surface area contributed by atoms with Crippen LogP contribution >= 0.6 is 11.8 Å². The number of halogens is 1. The number of thioether (sulfide) groups is 1. The number of pyridine rings is 1. The molecule has 2 rings (SSSR count). The first-order chi connectivity index (χ1) is 10.8. The SMILES string of the molecule is CC(C)(SCc1cccnc1)C(N)C(=O)N1C[C@@H](F)C[C@H]1C#N. The summed E-state index contributed by atoms with van der Waals surface area (Å²) >= 11 is 1.55. The van der Waals surface area contributed by atoms with Gasteiger partial charge in [0.15, 0.2) is 0 Å². The van der Waals surface area contributed by atoms with Crippen molar-refractivity contribution in [2.75, 3.05) is 6.54 Å². The Morgan fingerprint density at radius 1 is 1.70 bits per heavy atom. The summed E-state index contributed by atoms with van der Waals surface area (Å²) in [6.45, 7) is 3.73. The van der Waals surface area contributed by atoms with E-state index in [9.17, 15) is 9.18 Å². The van der Waals surface area contributed by atoms with Crippen molar-refractivity contribution in [3.8, 4) is 6.07 Å². The summed E-state index contributed by atoms with van der Waals surface area (Å²) in [5.74, 6) is 0.315. The van der Waals surface area contributed by atoms with Crippen molar-refractivity contribution in [2.24, 2.45) is 5.73 Å². The summed E-state index contributed by atoms with van der Waals surface area (Å²) in [5, 5.41) is 9.08. The average Bonchev–Trinajstić information content (AvgIpc) is 2.93. The quantitative estimate of drug-likeness (QED) is 0.888. The second kappa shape index (κ2) is 7.28. The zero-order chi connectivity index (χ0) is 17.0. The van der Waals surface area contributed by atoms with Gasteiger partial charge < -0.3 is 10.6 Å². The Balaban J connectivity index is 2.01. The van der Waals surface area contributed by atoms with Gasteiger partial charge in [-0.25, -0.2) is 4.39 Å². The fourth-order valence-corrected chi connectivity index (χ4v) is 3.46. The van der Waals surface area contributed by atoms with Crippen molar-refractivity contribution in [1.82, 2.24) is 9.88 Å². The number of nitrogens with zero attached hydrogens (tertiary/aromatic N) is 3. The van der Waals surface area contributed by atoms with Crippen LogP contribution in [0.15, 0.2) is 24.5 Å². The molecule has 3 atom stereocenters. The number of hydrogen-bond donors (Lipinski definition) is 1. The maximum atomic E-state index is 13.5. The highest BCUT2D eigenvalue weighted by molar-refractivity contribution is 7.99. The number of amides is 1. The Hall–Kier alpha value is -1.65. The lowest BCUT2D eigenvalue weighted by Gasteiger charge is -2.33. The molecule has 1 aliphatic rings. The molecule has 0 aliphatic carbocycles. The summed E-state index contributed by atoms with van der Waals surface area (Å²) in [6.07, 6.45) is 2.40. The highest BCUT2D eigenvalue weighted by Crippen LogP contribution is 2.32. The third-order valence-electron chi connectivity index (χ3n) is 4.03. The van der Waals surface area contributed by atoms with Gasteiger partial charge >= 0.3 is 0 Å². The van der Waals surface area contributed by atoms with Crippen LogP contribution in [0.5, 0.6) is 0 Å². The molecule has 124 valence electrons. The molecule has 2 N–H and O–H groups in total. The largest absolute Gasteiger partial charge is 0.322 e. The molecule has 1 fully saturated rings. The van der Waals surface area contributed by atoms with Crippen LogP contribution in [-0.4, -0.2) is 45.3 Å². The highest BCUT2D eigenvalue weighted by atomic mass is 32.2. The van der Waals surface area contributed by atoms with Gasteiger partial charge in [-0.1, -0.05) is 6.07 Å². The Morgan fingerprint density at radius 3 is 3.04 bits per heavy atom. The van der Waals surface area contributed by atoms with E-state index in [1.165, 1.54) is 4.90 Å². The van der Waals surface area contributed by atoms with Crippen LogP contribution in [0.1, 0.15) is 25.8 Å². The van der Waals surface area contributed by atoms with Crippen LogP contribution in [-0.2, 0) is 10.5 Å². The minimum atomic E-state index is -1.15. The molecular formula is C16H21FN4OS. The van der Waals surface area contributed by atoms with Crippen molar-refractivity contribution in [3.63, 3.8) is 0 Å². The molecule has 1 amide bonds. The van der Waals surface area contributed by atoms with Crippen LogP contribution < -0.4 is 5.73 Å². The molecule has 1 aliphatic heterocycles. The van der Waals surface area contributed by atoms with Gasteiger partial charge in [-0.2, -0.15) is 5.26 Å². The predicted molar refractivity (Wildman–Crippen MR) is 88.2 cm³/mol. The zero-order valence-electron chi connectivity index (χ0n) is 13.3. The summed E-state index contributed by atoms with van der Waals surface area (Å²) in [7, 11) is 0. The number of aromatic nitrogens is 1. The first kappa shape index (κ1) is 17.7. The van der Waals surface area contributed by atoms with Crippen LogP contribution in [0.25, 0.3) is 0 Å². The molecule has 0 saturated carbocycles. The van der Waals surface area contributed by atoms with Gasteiger partial charge in [0.25, 0.3) is 0 Å². The lowest BCUT2D eigenvalue weighted by Crippen LogP contribution is -2.54. The summed E-state index contributed by atoms with van der Waals surface area (Å²) in [5.41, 5.74) is 7.19. The molecule has 1 aromatic heterocycles. The zero-order valence-corrected chi connectivity index (χ0v) is 14.1. The van der Waals surface area contributed by atoms with Crippen LogP contribution in [0, 0.1) is 11.3 Å². The van der Waals surface area contributed by atoms with E-state index >= 15 is 0 Å². The maximum absolute atomic E-state index is 13.5. The number of nitrogens with two attached hydrogens (primary N) is 1. The minimum Gasteiger partial charge on any atom is -0.322 e. The molecule has 1 unspecified atom stereocenters. The smallest absolute Gasteiger partial charge is 0.242 e. The first-order valence-corrected chi connectivity index (χ1v) is 8.46. The summed E-state index contributed by atoms with van der Waals surface area (Å²) < 4.78 is 13.0. The lowest BCUT2D eigenvalue weighted by atomic mass is 10.0. The molecule has 0 bridgehead atoms. The highest BCUT2D eigenvalue weighted by Gasteiger charge is 2.42. The topological polar surface area (TPSA) is 83.0 Å². The molecule has 0 aromatic carbocycles. The van der Waals surface area contributed by atoms with Crippen LogP contribution in [0.3, 0.4) is 0 Å². The number of carbonyl (C=O) groups is 1. The molecule has 0 spiro atoms. The van der Waals surface area contributed by atoms with E-state index in [1.54, 1.807) is 24.2 Å². The van der Waals surface area contributed by atoms with E-state index < -0.39 is 23.0 Å². The van der Waals surface area contributed by atoms with Gasteiger partial charge in [0, 0.05) is 29.3 Å². The van der Waals surface area contributed by atoms with Crippen molar-refractivity contribution in [1.29, 1.82) is 5.26 Å². The molecule has 7 heteroatoms. The third-order valence-corrected chi connectivity index (χ3v) is 5.51. The fourth-order valence-electron chi connectivity index (χ4n) is 2.47. The Morgan fingerprint density at radius 2 is 2.43 bits per heavy atom. The summed E-state index contributed by atoms with van der Waals surface area (Å²) in [4.78, 5) is 17.9. The van der Waals surface area contributed by atoms with E-state index in [2.05, 4.69) is 4.98 Å². The van der Waals surface area contributed by atoms with E-state index in [0.717, 1.165) is 5.56 Å². The van der Waals surface area contributed by atoms with Crippen LogP contribution in [0.2, 0.25) is 0 Å². The van der Waals surface area contributed by atoms with Crippen LogP contribution in [0.4, 0.5) is 4.39 Å². The molecule has 1 aromatic rings. The second-order valence-electron chi connectivity index (χ2n) is 6.20. The van der Waals surface area contributed by atoms with Gasteiger partial charge in [0.05, 0.1) is 18.7 Å². The average molecular weight is 336 g/mol. The fraction of sp³-hybridized carbons (Fsp3) is 0.562. The number of hydrogen-bond acceptors (Lipinski definition) is 5. The molecule has 5 nitrogen and oxygen atoms in total.